The highest BCUT2D eigenvalue weighted by molar-refractivity contribution is 5.82. The Bertz CT molecular complexity index is 809. The maximum Gasteiger partial charge on any atom is 0.471 e. The topological polar surface area (TPSA) is 73.3 Å². The zero-order valence-electron chi connectivity index (χ0n) is 13.3. The molecule has 6 nitrogen and oxygen atoms in total. The van der Waals surface area contributed by atoms with Gasteiger partial charge in [-0.15, -0.1) is 0 Å². The lowest BCUT2D eigenvalue weighted by molar-refractivity contribution is -0.186. The molecular weight excluding hydrogens is 325 g/mol. The van der Waals surface area contributed by atoms with E-state index in [1.807, 2.05) is 0 Å². The molecule has 2 rings (SSSR count). The van der Waals surface area contributed by atoms with E-state index in [1.165, 1.54) is 23.3 Å². The van der Waals surface area contributed by atoms with Crippen molar-refractivity contribution in [3.05, 3.63) is 46.4 Å². The molecule has 1 atom stereocenters. The van der Waals surface area contributed by atoms with Gasteiger partial charge in [0.25, 0.3) is 5.56 Å². The normalized spacial score (nSPS) is 12.9. The number of rotatable bonds is 3. The number of nitrogen functional groups attached to an aromatic ring is 1. The molecule has 2 N–H and O–H groups in total. The van der Waals surface area contributed by atoms with E-state index in [2.05, 4.69) is 0 Å². The Hall–Kier alpha value is -2.71. The molecule has 0 saturated heterocycles. The summed E-state index contributed by atoms with van der Waals surface area (Å²) < 4.78 is 40.5. The Morgan fingerprint density at radius 1 is 1.25 bits per heavy atom. The van der Waals surface area contributed by atoms with Gasteiger partial charge in [0.15, 0.2) is 0 Å². The van der Waals surface area contributed by atoms with Gasteiger partial charge in [-0.25, -0.2) is 4.68 Å². The van der Waals surface area contributed by atoms with E-state index >= 15 is 0 Å². The SMILES string of the molecule is CC(c1c(N)c(=O)n(-c2ccccc2)n1C)N(C)C(=O)C(F)(F)F. The number of carbonyl (C=O) groups excluding carboxylic acids is 1. The molecule has 0 bridgehead atoms. The van der Waals surface area contributed by atoms with Gasteiger partial charge in [0.2, 0.25) is 0 Å². The van der Waals surface area contributed by atoms with Gasteiger partial charge in [0, 0.05) is 14.1 Å². The second-order valence-corrected chi connectivity index (χ2v) is 5.36. The minimum absolute atomic E-state index is 0.129. The van der Waals surface area contributed by atoms with E-state index in [-0.39, 0.29) is 11.4 Å². The van der Waals surface area contributed by atoms with Gasteiger partial charge in [-0.1, -0.05) is 18.2 Å². The van der Waals surface area contributed by atoms with Crippen molar-refractivity contribution in [2.75, 3.05) is 12.8 Å². The van der Waals surface area contributed by atoms with Crippen LogP contribution in [0.5, 0.6) is 0 Å². The van der Waals surface area contributed by atoms with E-state index in [4.69, 9.17) is 5.73 Å². The van der Waals surface area contributed by atoms with Crippen LogP contribution < -0.4 is 11.3 Å². The van der Waals surface area contributed by atoms with Crippen LogP contribution >= 0.6 is 0 Å². The number of carbonyl (C=O) groups is 1. The molecule has 0 aliphatic rings. The van der Waals surface area contributed by atoms with Gasteiger partial charge < -0.3 is 10.6 Å². The van der Waals surface area contributed by atoms with E-state index in [0.29, 0.717) is 10.6 Å². The smallest absolute Gasteiger partial charge is 0.393 e. The van der Waals surface area contributed by atoms with E-state index in [0.717, 1.165) is 7.05 Å². The molecule has 0 saturated carbocycles. The highest BCUT2D eigenvalue weighted by atomic mass is 19.4. The number of nitrogens with zero attached hydrogens (tertiary/aromatic N) is 3. The maximum atomic E-state index is 12.6. The van der Waals surface area contributed by atoms with Crippen molar-refractivity contribution in [3.63, 3.8) is 0 Å². The fourth-order valence-corrected chi connectivity index (χ4v) is 2.56. The summed E-state index contributed by atoms with van der Waals surface area (Å²) in [6.45, 7) is 1.38. The first-order valence-corrected chi connectivity index (χ1v) is 7.04. The van der Waals surface area contributed by atoms with Crippen molar-refractivity contribution in [2.45, 2.75) is 19.1 Å². The molecule has 0 radical (unpaired) electrons. The van der Waals surface area contributed by atoms with E-state index in [1.54, 1.807) is 30.3 Å². The monoisotopic (exact) mass is 342 g/mol. The molecule has 1 aromatic heterocycles. The molecule has 1 unspecified atom stereocenters. The second-order valence-electron chi connectivity index (χ2n) is 5.36. The average Bonchev–Trinajstić information content (AvgIpc) is 2.75. The highest BCUT2D eigenvalue weighted by Crippen LogP contribution is 2.28. The molecule has 1 aromatic carbocycles. The first kappa shape index (κ1) is 17.6. The number of para-hydroxylation sites is 1. The quantitative estimate of drug-likeness (QED) is 0.925. The third kappa shape index (κ3) is 2.89. The van der Waals surface area contributed by atoms with Crippen LogP contribution in [-0.4, -0.2) is 33.4 Å². The number of amides is 1. The predicted octanol–water partition coefficient (Wildman–Crippen LogP) is 1.84. The van der Waals surface area contributed by atoms with Crippen LogP contribution in [0.4, 0.5) is 18.9 Å². The van der Waals surface area contributed by atoms with Gasteiger partial charge in [0.05, 0.1) is 17.4 Å². The Balaban J connectivity index is 2.53. The predicted molar refractivity (Wildman–Crippen MR) is 82.7 cm³/mol. The molecule has 0 aliphatic carbocycles. The maximum absolute atomic E-state index is 12.6. The summed E-state index contributed by atoms with van der Waals surface area (Å²) in [7, 11) is 2.52. The van der Waals surface area contributed by atoms with E-state index in [9.17, 15) is 22.8 Å². The number of benzene rings is 1. The molecule has 24 heavy (non-hydrogen) atoms. The molecular formula is C15H17F3N4O2. The number of aromatic nitrogens is 2. The van der Waals surface area contributed by atoms with Crippen LogP contribution in [0.3, 0.4) is 0 Å². The fraction of sp³-hybridized carbons (Fsp3) is 0.333. The molecule has 9 heteroatoms. The second kappa shape index (κ2) is 6.06. The minimum Gasteiger partial charge on any atom is -0.393 e. The van der Waals surface area contributed by atoms with Crippen molar-refractivity contribution < 1.29 is 18.0 Å². The lowest BCUT2D eigenvalue weighted by atomic mass is 10.2. The molecule has 1 amide bonds. The first-order chi connectivity index (χ1) is 11.1. The third-order valence-corrected chi connectivity index (χ3v) is 3.89. The Kier molecular flexibility index (Phi) is 4.46. The van der Waals surface area contributed by atoms with Gasteiger partial charge in [-0.2, -0.15) is 13.2 Å². The largest absolute Gasteiger partial charge is 0.471 e. The van der Waals surface area contributed by atoms with Crippen LogP contribution in [0.25, 0.3) is 5.69 Å². The molecule has 0 aliphatic heterocycles. The van der Waals surface area contributed by atoms with Gasteiger partial charge in [0.1, 0.15) is 5.69 Å². The number of hydrogen-bond donors (Lipinski definition) is 1. The Labute approximate surface area is 135 Å². The minimum atomic E-state index is -5.00. The highest BCUT2D eigenvalue weighted by Gasteiger charge is 2.43. The summed E-state index contributed by atoms with van der Waals surface area (Å²) in [6.07, 6.45) is -5.00. The van der Waals surface area contributed by atoms with Crippen molar-refractivity contribution in [1.82, 2.24) is 14.3 Å². The number of anilines is 1. The summed E-state index contributed by atoms with van der Waals surface area (Å²) in [5, 5.41) is 0. The van der Waals surface area contributed by atoms with Crippen LogP contribution in [0.1, 0.15) is 18.7 Å². The fourth-order valence-electron chi connectivity index (χ4n) is 2.56. The zero-order chi connectivity index (χ0) is 18.2. The molecule has 2 aromatic rings. The van der Waals surface area contributed by atoms with Crippen LogP contribution in [0.2, 0.25) is 0 Å². The van der Waals surface area contributed by atoms with Crippen molar-refractivity contribution in [3.8, 4) is 5.69 Å². The van der Waals surface area contributed by atoms with Gasteiger partial charge in [-0.3, -0.25) is 14.3 Å². The van der Waals surface area contributed by atoms with Crippen LogP contribution in [-0.2, 0) is 11.8 Å². The number of halogens is 3. The summed E-state index contributed by atoms with van der Waals surface area (Å²) in [5.41, 5.74) is 5.70. The van der Waals surface area contributed by atoms with Crippen molar-refractivity contribution in [1.29, 1.82) is 0 Å². The summed E-state index contributed by atoms with van der Waals surface area (Å²) in [4.78, 5) is 24.3. The number of hydrogen-bond acceptors (Lipinski definition) is 3. The van der Waals surface area contributed by atoms with Crippen LogP contribution in [0.15, 0.2) is 35.1 Å². The van der Waals surface area contributed by atoms with Gasteiger partial charge >= 0.3 is 12.1 Å². The standard InChI is InChI=1S/C15H17F3N4O2/c1-9(20(2)14(24)15(16,17)18)12-11(19)13(23)22(21(12)3)10-7-5-4-6-8-10/h4-9H,19H2,1-3H3. The first-order valence-electron chi connectivity index (χ1n) is 7.04. The van der Waals surface area contributed by atoms with Crippen molar-refractivity contribution in [2.24, 2.45) is 7.05 Å². The third-order valence-electron chi connectivity index (χ3n) is 3.89. The summed E-state index contributed by atoms with van der Waals surface area (Å²) >= 11 is 0. The summed E-state index contributed by atoms with van der Waals surface area (Å²) in [6, 6.07) is 7.49. The lowest BCUT2D eigenvalue weighted by Crippen LogP contribution is -2.40. The molecule has 1 heterocycles. The molecule has 0 fully saturated rings. The van der Waals surface area contributed by atoms with Crippen molar-refractivity contribution >= 4 is 11.6 Å². The van der Waals surface area contributed by atoms with Gasteiger partial charge in [-0.05, 0) is 19.1 Å². The average molecular weight is 342 g/mol. The van der Waals surface area contributed by atoms with E-state index < -0.39 is 23.7 Å². The Morgan fingerprint density at radius 2 is 1.79 bits per heavy atom. The number of nitrogens with two attached hydrogens (primary N) is 1. The molecule has 0 spiro atoms. The van der Waals surface area contributed by atoms with Crippen LogP contribution in [0, 0.1) is 0 Å². The Morgan fingerprint density at radius 3 is 2.29 bits per heavy atom. The number of alkyl halides is 3. The zero-order valence-corrected chi connectivity index (χ0v) is 13.3. The summed E-state index contributed by atoms with van der Waals surface area (Å²) in [5.74, 6) is -2.01. The molecule has 130 valence electrons. The lowest BCUT2D eigenvalue weighted by Gasteiger charge is -2.26.